The fourth-order valence-electron chi connectivity index (χ4n) is 6.20. The lowest BCUT2D eigenvalue weighted by molar-refractivity contribution is -0.154. The lowest BCUT2D eigenvalue weighted by Gasteiger charge is -2.56. The molecule has 2 N–H and O–H groups in total. The molecule has 1 aromatic rings. The third kappa shape index (κ3) is 5.43. The second-order valence-corrected chi connectivity index (χ2v) is 10.2. The number of ether oxygens (including phenoxy) is 2. The minimum atomic E-state index is -0.839. The van der Waals surface area contributed by atoms with Gasteiger partial charge in [-0.05, 0) is 74.3 Å². The number of carbonyl (C=O) groups excluding carboxylic acids is 3. The van der Waals surface area contributed by atoms with Gasteiger partial charge in [-0.2, -0.15) is 0 Å². The number of hydrogen-bond donors (Lipinski definition) is 2. The Bertz CT molecular complexity index is 803. The van der Waals surface area contributed by atoms with E-state index in [1.165, 1.54) is 19.3 Å². The quantitative estimate of drug-likeness (QED) is 0.574. The highest BCUT2D eigenvalue weighted by atomic mass is 16.5. The highest BCUT2D eigenvalue weighted by Gasteiger charge is 2.51. The molecule has 4 aliphatic carbocycles. The van der Waals surface area contributed by atoms with Gasteiger partial charge in [-0.3, -0.25) is 9.59 Å². The van der Waals surface area contributed by atoms with Crippen molar-refractivity contribution in [2.75, 3.05) is 13.2 Å². The molecule has 0 unspecified atom stereocenters. The summed E-state index contributed by atoms with van der Waals surface area (Å²) >= 11 is 0. The van der Waals surface area contributed by atoms with E-state index in [1.807, 2.05) is 32.0 Å². The summed E-state index contributed by atoms with van der Waals surface area (Å²) in [6.45, 7) is 3.12. The average Bonchev–Trinajstić information content (AvgIpc) is 2.73. The van der Waals surface area contributed by atoms with E-state index in [9.17, 15) is 14.4 Å². The molecule has 7 heteroatoms. The first-order valence-corrected chi connectivity index (χ1v) is 11.8. The Balaban J connectivity index is 1.24. The molecule has 4 aliphatic rings. The van der Waals surface area contributed by atoms with Crippen molar-refractivity contribution in [1.82, 2.24) is 10.6 Å². The van der Waals surface area contributed by atoms with E-state index < -0.39 is 17.9 Å². The molecule has 0 heterocycles. The van der Waals surface area contributed by atoms with Gasteiger partial charge in [0.15, 0.2) is 13.2 Å². The highest BCUT2D eigenvalue weighted by Crippen LogP contribution is 2.55. The monoisotopic (exact) mass is 442 g/mol. The average molecular weight is 443 g/mol. The van der Waals surface area contributed by atoms with Gasteiger partial charge in [0.25, 0.3) is 11.8 Å². The first-order chi connectivity index (χ1) is 15.3. The van der Waals surface area contributed by atoms with E-state index in [2.05, 4.69) is 10.6 Å². The topological polar surface area (TPSA) is 93.7 Å². The van der Waals surface area contributed by atoms with Gasteiger partial charge in [0.2, 0.25) is 0 Å². The maximum atomic E-state index is 12.6. The van der Waals surface area contributed by atoms with Crippen LogP contribution in [0.25, 0.3) is 0 Å². The predicted molar refractivity (Wildman–Crippen MR) is 119 cm³/mol. The summed E-state index contributed by atoms with van der Waals surface area (Å²) in [6, 6.07) is 8.16. The fourth-order valence-corrected chi connectivity index (χ4v) is 6.20. The number of amides is 2. The predicted octanol–water partition coefficient (Wildman–Crippen LogP) is 2.83. The van der Waals surface area contributed by atoms with Crippen LogP contribution in [0.5, 0.6) is 5.75 Å². The van der Waals surface area contributed by atoms with E-state index in [-0.39, 0.29) is 30.6 Å². The first-order valence-electron chi connectivity index (χ1n) is 11.8. The van der Waals surface area contributed by atoms with Crippen LogP contribution in [-0.2, 0) is 19.1 Å². The van der Waals surface area contributed by atoms with Crippen LogP contribution in [0.15, 0.2) is 30.3 Å². The summed E-state index contributed by atoms with van der Waals surface area (Å²) in [7, 11) is 0. The third-order valence-corrected chi connectivity index (χ3v) is 7.14. The van der Waals surface area contributed by atoms with Gasteiger partial charge >= 0.3 is 5.97 Å². The van der Waals surface area contributed by atoms with E-state index in [4.69, 9.17) is 9.47 Å². The lowest BCUT2D eigenvalue weighted by Crippen LogP contribution is -2.60. The number of carbonyl (C=O) groups is 3. The number of rotatable bonds is 9. The molecule has 4 fully saturated rings. The number of nitrogens with one attached hydrogen (secondary N) is 2. The molecule has 1 atom stereocenters. The van der Waals surface area contributed by atoms with Crippen LogP contribution in [0.1, 0.15) is 52.4 Å². The van der Waals surface area contributed by atoms with Crippen LogP contribution in [-0.4, -0.2) is 42.6 Å². The maximum Gasteiger partial charge on any atom is 0.329 e. The molecule has 4 saturated carbocycles. The molecule has 0 saturated heterocycles. The van der Waals surface area contributed by atoms with Crippen LogP contribution in [0.2, 0.25) is 0 Å². The standard InChI is InChI=1S/C25H34N2O5/c1-16(2)23(26-21(28)14-31-20-6-4-3-5-7-20)24(30)32-15-22(29)27-25-11-17-8-18(12-25)10-19(9-17)13-25/h3-7,16-19,23H,8-15H2,1-2H3,(H,26,28)(H,27,29)/t17?,18?,19?,23-,25?/m1/s1. The highest BCUT2D eigenvalue weighted by molar-refractivity contribution is 5.87. The van der Waals surface area contributed by atoms with Crippen molar-refractivity contribution in [1.29, 1.82) is 0 Å². The Labute approximate surface area is 189 Å². The third-order valence-electron chi connectivity index (χ3n) is 7.14. The summed E-state index contributed by atoms with van der Waals surface area (Å²) in [5.41, 5.74) is -0.112. The molecular weight excluding hydrogens is 408 g/mol. The van der Waals surface area contributed by atoms with Crippen LogP contribution >= 0.6 is 0 Å². The zero-order valence-corrected chi connectivity index (χ0v) is 19.0. The summed E-state index contributed by atoms with van der Waals surface area (Å²) < 4.78 is 10.7. The summed E-state index contributed by atoms with van der Waals surface area (Å²) in [5, 5.41) is 5.87. The second-order valence-electron chi connectivity index (χ2n) is 10.2. The SMILES string of the molecule is CC(C)[C@@H](NC(=O)COc1ccccc1)C(=O)OCC(=O)NC12CC3CC(CC(C3)C1)C2. The lowest BCUT2D eigenvalue weighted by atomic mass is 9.53. The van der Waals surface area contributed by atoms with E-state index in [1.54, 1.807) is 12.1 Å². The first kappa shape index (κ1) is 22.6. The van der Waals surface area contributed by atoms with Gasteiger partial charge in [0, 0.05) is 5.54 Å². The van der Waals surface area contributed by atoms with Gasteiger partial charge in [-0.25, -0.2) is 4.79 Å². The number of hydrogen-bond acceptors (Lipinski definition) is 5. The number of para-hydroxylation sites is 1. The molecule has 0 spiro atoms. The molecule has 2 amide bonds. The minimum Gasteiger partial charge on any atom is -0.484 e. The zero-order valence-electron chi connectivity index (χ0n) is 19.0. The van der Waals surface area contributed by atoms with Crippen LogP contribution < -0.4 is 15.4 Å². The largest absolute Gasteiger partial charge is 0.484 e. The minimum absolute atomic E-state index is 0.112. The van der Waals surface area contributed by atoms with Crippen molar-refractivity contribution in [2.24, 2.45) is 23.7 Å². The Morgan fingerprint density at radius 2 is 1.53 bits per heavy atom. The van der Waals surface area contributed by atoms with Crippen LogP contribution in [0, 0.1) is 23.7 Å². The molecule has 32 heavy (non-hydrogen) atoms. The molecule has 174 valence electrons. The Morgan fingerprint density at radius 1 is 0.938 bits per heavy atom. The molecule has 4 bridgehead atoms. The van der Waals surface area contributed by atoms with Crippen LogP contribution in [0.3, 0.4) is 0 Å². The molecule has 0 aromatic heterocycles. The van der Waals surface area contributed by atoms with Crippen molar-refractivity contribution >= 4 is 17.8 Å². The zero-order chi connectivity index (χ0) is 22.7. The van der Waals surface area contributed by atoms with Crippen molar-refractivity contribution < 1.29 is 23.9 Å². The summed E-state index contributed by atoms with van der Waals surface area (Å²) in [6.07, 6.45) is 7.04. The van der Waals surface area contributed by atoms with Crippen molar-refractivity contribution in [2.45, 2.75) is 64.0 Å². The van der Waals surface area contributed by atoms with Crippen molar-refractivity contribution in [3.63, 3.8) is 0 Å². The van der Waals surface area contributed by atoms with Gasteiger partial charge in [0.05, 0.1) is 0 Å². The van der Waals surface area contributed by atoms with Crippen molar-refractivity contribution in [3.8, 4) is 5.75 Å². The van der Waals surface area contributed by atoms with Crippen LogP contribution in [0.4, 0.5) is 0 Å². The summed E-state index contributed by atoms with van der Waals surface area (Å²) in [5.74, 6) is 1.30. The Hall–Kier alpha value is -2.57. The number of esters is 1. The molecular formula is C25H34N2O5. The van der Waals surface area contributed by atoms with Gasteiger partial charge in [-0.1, -0.05) is 32.0 Å². The summed E-state index contributed by atoms with van der Waals surface area (Å²) in [4.78, 5) is 37.5. The van der Waals surface area contributed by atoms with E-state index in [0.29, 0.717) is 5.75 Å². The molecule has 0 aliphatic heterocycles. The molecule has 0 radical (unpaired) electrons. The normalized spacial score (nSPS) is 28.8. The van der Waals surface area contributed by atoms with Crippen molar-refractivity contribution in [3.05, 3.63) is 30.3 Å². The second kappa shape index (κ2) is 9.51. The van der Waals surface area contributed by atoms with Gasteiger partial charge < -0.3 is 20.1 Å². The Kier molecular flexibility index (Phi) is 6.72. The van der Waals surface area contributed by atoms with E-state index >= 15 is 0 Å². The Morgan fingerprint density at radius 3 is 2.09 bits per heavy atom. The fraction of sp³-hybridized carbons (Fsp3) is 0.640. The smallest absolute Gasteiger partial charge is 0.329 e. The maximum absolute atomic E-state index is 12.6. The molecule has 1 aromatic carbocycles. The van der Waals surface area contributed by atoms with Gasteiger partial charge in [-0.15, -0.1) is 0 Å². The van der Waals surface area contributed by atoms with E-state index in [0.717, 1.165) is 37.0 Å². The van der Waals surface area contributed by atoms with Gasteiger partial charge in [0.1, 0.15) is 11.8 Å². The number of benzene rings is 1. The molecule has 7 nitrogen and oxygen atoms in total. The molecule has 5 rings (SSSR count).